The number of rotatable bonds is 10. The number of unbranched alkanes of at least 4 members (excludes halogenated alkanes) is 2. The standard InChI is InChI=1S/C34H49N3O5/c1-9-10-11-12-18(2)13-14-21-17-25(36(5)6)23-15-22-16-24-29(37(7)8)31(39)28(33(35)41)32(40)34(24,42)20(4)27(22)30(38)26(23)19(21)3/h17-18,22,24,29,39,42H,9-16H2,1-8H3,(H2,35,41)/t18?,22-,24-,29-,34+/m0/s1. The third-order valence-corrected chi connectivity index (χ3v) is 10.1. The quantitative estimate of drug-likeness (QED) is 0.276. The molecule has 8 heteroatoms. The molecule has 4 rings (SSSR count). The lowest BCUT2D eigenvalue weighted by Gasteiger charge is -2.51. The molecule has 0 bridgehead atoms. The van der Waals surface area contributed by atoms with Crippen LogP contribution in [0.1, 0.15) is 86.3 Å². The summed E-state index contributed by atoms with van der Waals surface area (Å²) in [4.78, 5) is 44.3. The monoisotopic (exact) mass is 579 g/mol. The van der Waals surface area contributed by atoms with Crippen LogP contribution in [0, 0.1) is 24.7 Å². The number of likely N-dealkylation sites (N-methyl/N-ethyl adjacent to an activating group) is 1. The fourth-order valence-electron chi connectivity index (χ4n) is 7.83. The number of anilines is 1. The van der Waals surface area contributed by atoms with Gasteiger partial charge in [0.2, 0.25) is 5.78 Å². The molecular formula is C34H49N3O5. The predicted octanol–water partition coefficient (Wildman–Crippen LogP) is 4.44. The molecule has 42 heavy (non-hydrogen) atoms. The second-order valence-electron chi connectivity index (χ2n) is 13.3. The average Bonchev–Trinajstić information content (AvgIpc) is 2.89. The summed E-state index contributed by atoms with van der Waals surface area (Å²) in [5.74, 6) is -2.97. The highest BCUT2D eigenvalue weighted by atomic mass is 16.3. The van der Waals surface area contributed by atoms with Crippen LogP contribution in [0.5, 0.6) is 0 Å². The molecule has 1 unspecified atom stereocenters. The van der Waals surface area contributed by atoms with Gasteiger partial charge in [-0.3, -0.25) is 19.3 Å². The van der Waals surface area contributed by atoms with Crippen molar-refractivity contribution in [3.63, 3.8) is 0 Å². The van der Waals surface area contributed by atoms with Gasteiger partial charge in [0.25, 0.3) is 5.91 Å². The Morgan fingerprint density at radius 2 is 1.81 bits per heavy atom. The highest BCUT2D eigenvalue weighted by molar-refractivity contribution is 6.25. The number of carbonyl (C=O) groups excluding carboxylic acids is 3. The van der Waals surface area contributed by atoms with E-state index in [-0.39, 0.29) is 17.3 Å². The third-order valence-electron chi connectivity index (χ3n) is 10.1. The summed E-state index contributed by atoms with van der Waals surface area (Å²) in [7, 11) is 7.45. The van der Waals surface area contributed by atoms with Gasteiger partial charge in [0, 0.05) is 36.8 Å². The summed E-state index contributed by atoms with van der Waals surface area (Å²) in [6.45, 7) is 8.17. The van der Waals surface area contributed by atoms with Crippen LogP contribution in [0.4, 0.5) is 5.69 Å². The largest absolute Gasteiger partial charge is 0.510 e. The number of nitrogens with zero attached hydrogens (tertiary/aromatic N) is 2. The summed E-state index contributed by atoms with van der Waals surface area (Å²) < 4.78 is 0. The van der Waals surface area contributed by atoms with Crippen LogP contribution in [-0.4, -0.2) is 72.4 Å². The molecule has 4 N–H and O–H groups in total. The Bertz CT molecular complexity index is 1360. The van der Waals surface area contributed by atoms with Crippen LogP contribution in [0.25, 0.3) is 0 Å². The van der Waals surface area contributed by atoms with E-state index < -0.39 is 40.6 Å². The maximum Gasteiger partial charge on any atom is 0.255 e. The number of carbonyl (C=O) groups is 3. The van der Waals surface area contributed by atoms with Crippen LogP contribution < -0.4 is 10.6 Å². The first-order valence-corrected chi connectivity index (χ1v) is 15.4. The maximum atomic E-state index is 14.5. The lowest BCUT2D eigenvalue weighted by atomic mass is 9.56. The third kappa shape index (κ3) is 5.11. The Morgan fingerprint density at radius 1 is 1.14 bits per heavy atom. The van der Waals surface area contributed by atoms with Gasteiger partial charge in [0.15, 0.2) is 11.4 Å². The van der Waals surface area contributed by atoms with Crippen molar-refractivity contribution in [1.29, 1.82) is 0 Å². The molecule has 0 saturated heterocycles. The number of Topliss-reactive ketones (excluding diaryl/α,β-unsaturated/α-hetero) is 2. The highest BCUT2D eigenvalue weighted by Crippen LogP contribution is 2.53. The molecule has 3 aliphatic carbocycles. The van der Waals surface area contributed by atoms with Crippen LogP contribution >= 0.6 is 0 Å². The van der Waals surface area contributed by atoms with Crippen molar-refractivity contribution in [2.24, 2.45) is 23.5 Å². The van der Waals surface area contributed by atoms with Gasteiger partial charge in [0.1, 0.15) is 11.3 Å². The Labute approximate surface area is 250 Å². The second kappa shape index (κ2) is 12.0. The number of primary amides is 1. The molecule has 5 atom stereocenters. The number of nitrogens with two attached hydrogens (primary N) is 1. The lowest BCUT2D eigenvalue weighted by molar-refractivity contribution is -0.143. The van der Waals surface area contributed by atoms with E-state index in [2.05, 4.69) is 24.8 Å². The first kappa shape index (κ1) is 32.0. The Balaban J connectivity index is 1.82. The van der Waals surface area contributed by atoms with E-state index in [9.17, 15) is 24.6 Å². The number of hydrogen-bond acceptors (Lipinski definition) is 7. The van der Waals surface area contributed by atoms with Gasteiger partial charge in [0.05, 0.1) is 6.04 Å². The van der Waals surface area contributed by atoms with E-state index in [1.54, 1.807) is 25.9 Å². The van der Waals surface area contributed by atoms with Crippen LogP contribution in [0.15, 0.2) is 28.5 Å². The van der Waals surface area contributed by atoms with Crippen LogP contribution in [-0.2, 0) is 22.4 Å². The SMILES string of the molecule is CCCCCC(C)CCc1cc(N(C)C)c2c(c1C)C(=O)C1=C(C)[C@]3(O)C(=O)C(C(N)=O)=C(O)[C@@H](N(C)C)[C@@H]3C[C@@H]1C2. The van der Waals surface area contributed by atoms with Crippen LogP contribution in [0.2, 0.25) is 0 Å². The predicted molar refractivity (Wildman–Crippen MR) is 166 cm³/mol. The van der Waals surface area contributed by atoms with E-state index in [1.165, 1.54) is 25.7 Å². The van der Waals surface area contributed by atoms with Crippen molar-refractivity contribution in [2.45, 2.75) is 90.7 Å². The zero-order chi connectivity index (χ0) is 31.3. The van der Waals surface area contributed by atoms with Gasteiger partial charge < -0.3 is 20.8 Å². The Hall–Kier alpha value is -2.97. The Kier molecular flexibility index (Phi) is 9.10. The van der Waals surface area contributed by atoms with Gasteiger partial charge in [-0.1, -0.05) is 39.5 Å². The van der Waals surface area contributed by atoms with Crippen molar-refractivity contribution in [3.05, 3.63) is 50.8 Å². The molecule has 0 saturated carbocycles. The molecule has 3 aliphatic rings. The molecule has 0 radical (unpaired) electrons. The number of hydrogen-bond donors (Lipinski definition) is 3. The van der Waals surface area contributed by atoms with Gasteiger partial charge >= 0.3 is 0 Å². The smallest absolute Gasteiger partial charge is 0.255 e. The first-order chi connectivity index (χ1) is 19.7. The van der Waals surface area contributed by atoms with E-state index >= 15 is 0 Å². The minimum atomic E-state index is -2.12. The summed E-state index contributed by atoms with van der Waals surface area (Å²) >= 11 is 0. The number of aliphatic hydroxyl groups is 2. The van der Waals surface area contributed by atoms with Crippen LogP contribution in [0.3, 0.4) is 0 Å². The number of aryl methyl sites for hydroxylation is 1. The number of benzene rings is 1. The van der Waals surface area contributed by atoms with Gasteiger partial charge in [-0.2, -0.15) is 0 Å². The fourth-order valence-corrected chi connectivity index (χ4v) is 7.83. The van der Waals surface area contributed by atoms with E-state index in [0.717, 1.165) is 35.2 Å². The summed E-state index contributed by atoms with van der Waals surface area (Å²) in [6.07, 6.45) is 7.71. The summed E-state index contributed by atoms with van der Waals surface area (Å²) in [5, 5.41) is 23.2. The lowest BCUT2D eigenvalue weighted by Crippen LogP contribution is -2.63. The fraction of sp³-hybridized carbons (Fsp3) is 0.618. The molecule has 1 aromatic rings. The minimum absolute atomic E-state index is 0.155. The topological polar surface area (TPSA) is 124 Å². The first-order valence-electron chi connectivity index (χ1n) is 15.4. The van der Waals surface area contributed by atoms with Crippen molar-refractivity contribution in [2.75, 3.05) is 33.1 Å². The molecule has 0 fully saturated rings. The molecule has 0 aliphatic heterocycles. The molecule has 230 valence electrons. The van der Waals surface area contributed by atoms with E-state index in [4.69, 9.17) is 5.73 Å². The molecule has 1 aromatic carbocycles. The van der Waals surface area contributed by atoms with Crippen molar-refractivity contribution >= 4 is 23.2 Å². The van der Waals surface area contributed by atoms with Gasteiger partial charge in [-0.05, 0) is 93.8 Å². The number of ketones is 2. The van der Waals surface area contributed by atoms with Gasteiger partial charge in [-0.25, -0.2) is 0 Å². The number of aliphatic hydroxyl groups excluding tert-OH is 1. The zero-order valence-corrected chi connectivity index (χ0v) is 26.6. The summed E-state index contributed by atoms with van der Waals surface area (Å²) in [5.41, 5.74) is 8.36. The second-order valence-corrected chi connectivity index (χ2v) is 13.3. The molecule has 0 aromatic heterocycles. The number of allylic oxidation sites excluding steroid dienone is 1. The molecule has 0 heterocycles. The normalized spacial score (nSPS) is 26.3. The maximum absolute atomic E-state index is 14.5. The van der Waals surface area contributed by atoms with Crippen molar-refractivity contribution in [1.82, 2.24) is 4.90 Å². The number of amides is 1. The molecule has 1 amide bonds. The Morgan fingerprint density at radius 3 is 2.38 bits per heavy atom. The molecule has 8 nitrogen and oxygen atoms in total. The van der Waals surface area contributed by atoms with E-state index in [0.29, 0.717) is 29.9 Å². The zero-order valence-electron chi connectivity index (χ0n) is 26.6. The van der Waals surface area contributed by atoms with Crippen molar-refractivity contribution < 1.29 is 24.6 Å². The van der Waals surface area contributed by atoms with E-state index in [1.807, 2.05) is 21.0 Å². The van der Waals surface area contributed by atoms with Crippen molar-refractivity contribution in [3.8, 4) is 0 Å². The molecule has 0 spiro atoms. The molecular weight excluding hydrogens is 530 g/mol. The summed E-state index contributed by atoms with van der Waals surface area (Å²) in [6, 6.07) is 1.43. The minimum Gasteiger partial charge on any atom is -0.510 e. The highest BCUT2D eigenvalue weighted by Gasteiger charge is 2.61. The number of fused-ring (bicyclic) bond motifs is 3. The van der Waals surface area contributed by atoms with Gasteiger partial charge in [-0.15, -0.1) is 0 Å². The average molecular weight is 580 g/mol.